The van der Waals surface area contributed by atoms with E-state index in [4.69, 9.17) is 4.74 Å². The van der Waals surface area contributed by atoms with Gasteiger partial charge in [0, 0.05) is 6.42 Å². The fourth-order valence-electron chi connectivity index (χ4n) is 3.46. The van der Waals surface area contributed by atoms with Gasteiger partial charge in [-0.1, -0.05) is 50.3 Å². The molecule has 104 valence electrons. The summed E-state index contributed by atoms with van der Waals surface area (Å²) in [6.45, 7) is 6.36. The molecule has 0 N–H and O–H groups in total. The van der Waals surface area contributed by atoms with Crippen molar-refractivity contribution in [3.63, 3.8) is 0 Å². The molecule has 0 spiro atoms. The maximum absolute atomic E-state index is 12.6. The summed E-state index contributed by atoms with van der Waals surface area (Å²) in [7, 11) is 0. The zero-order valence-electron chi connectivity index (χ0n) is 11.9. The number of carbonyl (C=O) groups excluding carboxylic acids is 1. The first-order chi connectivity index (χ1) is 9.70. The normalized spacial score (nSPS) is 28.9. The highest BCUT2D eigenvalue weighted by Gasteiger charge is 2.54. The lowest BCUT2D eigenvalue weighted by atomic mass is 9.68. The molecular formula is C18H20O2. The average Bonchev–Trinajstić information content (AvgIpc) is 2.76. The van der Waals surface area contributed by atoms with E-state index in [2.05, 4.69) is 19.6 Å². The molecule has 2 nitrogen and oxygen atoms in total. The zero-order chi connectivity index (χ0) is 14.2. The van der Waals surface area contributed by atoms with Gasteiger partial charge in [-0.15, -0.1) is 0 Å². The summed E-state index contributed by atoms with van der Waals surface area (Å²) >= 11 is 0. The summed E-state index contributed by atoms with van der Waals surface area (Å²) in [6.07, 6.45) is 5.05. The SMILES string of the molecule is C=C1[C@@H](c2ccccc2)OC2=CCCC(=O)[C@@]12CCC. The van der Waals surface area contributed by atoms with Gasteiger partial charge in [-0.3, -0.25) is 4.79 Å². The van der Waals surface area contributed by atoms with E-state index in [1.807, 2.05) is 30.3 Å². The molecule has 0 aromatic heterocycles. The molecule has 0 amide bonds. The first kappa shape index (κ1) is 13.2. The smallest absolute Gasteiger partial charge is 0.151 e. The van der Waals surface area contributed by atoms with Crippen molar-refractivity contribution >= 4 is 5.78 Å². The van der Waals surface area contributed by atoms with E-state index in [-0.39, 0.29) is 11.9 Å². The highest BCUT2D eigenvalue weighted by Crippen LogP contribution is 2.56. The molecule has 0 bridgehead atoms. The number of ketones is 1. The molecule has 1 saturated heterocycles. The molecule has 2 aliphatic rings. The maximum atomic E-state index is 12.6. The molecule has 1 aromatic rings. The van der Waals surface area contributed by atoms with Crippen molar-refractivity contribution in [2.75, 3.05) is 0 Å². The van der Waals surface area contributed by atoms with E-state index < -0.39 is 5.41 Å². The van der Waals surface area contributed by atoms with E-state index in [1.54, 1.807) is 0 Å². The van der Waals surface area contributed by atoms with Crippen LogP contribution in [0, 0.1) is 5.41 Å². The Balaban J connectivity index is 2.05. The van der Waals surface area contributed by atoms with Crippen LogP contribution in [0.25, 0.3) is 0 Å². The molecule has 3 rings (SSSR count). The van der Waals surface area contributed by atoms with E-state index in [1.165, 1.54) is 0 Å². The quantitative estimate of drug-likeness (QED) is 0.762. The number of hydrogen-bond acceptors (Lipinski definition) is 2. The Bertz CT molecular complexity index is 570. The molecule has 0 unspecified atom stereocenters. The van der Waals surface area contributed by atoms with Gasteiger partial charge in [-0.05, 0) is 30.1 Å². The Hall–Kier alpha value is -1.83. The summed E-state index contributed by atoms with van der Waals surface area (Å²) in [5.41, 5.74) is 1.44. The minimum Gasteiger partial charge on any atom is -0.485 e. The van der Waals surface area contributed by atoms with Gasteiger partial charge in [0.1, 0.15) is 17.3 Å². The Kier molecular flexibility index (Phi) is 3.25. The van der Waals surface area contributed by atoms with Crippen molar-refractivity contribution in [1.29, 1.82) is 0 Å². The van der Waals surface area contributed by atoms with Crippen molar-refractivity contribution in [2.45, 2.75) is 38.7 Å². The fourth-order valence-corrected chi connectivity index (χ4v) is 3.46. The second-order valence-corrected chi connectivity index (χ2v) is 5.62. The summed E-state index contributed by atoms with van der Waals surface area (Å²) < 4.78 is 6.13. The van der Waals surface area contributed by atoms with Crippen LogP contribution in [-0.4, -0.2) is 5.78 Å². The highest BCUT2D eigenvalue weighted by molar-refractivity contribution is 5.93. The molecule has 2 atom stereocenters. The zero-order valence-corrected chi connectivity index (χ0v) is 11.9. The minimum atomic E-state index is -0.562. The van der Waals surface area contributed by atoms with Crippen molar-refractivity contribution in [3.05, 3.63) is 59.9 Å². The molecule has 1 fully saturated rings. The Labute approximate surface area is 120 Å². The summed E-state index contributed by atoms with van der Waals surface area (Å²) in [6, 6.07) is 10.1. The van der Waals surface area contributed by atoms with Gasteiger partial charge < -0.3 is 4.74 Å². The number of carbonyl (C=O) groups is 1. The van der Waals surface area contributed by atoms with Crippen LogP contribution in [0.15, 0.2) is 54.3 Å². The fraction of sp³-hybridized carbons (Fsp3) is 0.389. The second kappa shape index (κ2) is 4.93. The van der Waals surface area contributed by atoms with Crippen LogP contribution in [0.3, 0.4) is 0 Å². The second-order valence-electron chi connectivity index (χ2n) is 5.62. The predicted octanol–water partition coefficient (Wildman–Crippen LogP) is 4.35. The van der Waals surface area contributed by atoms with Gasteiger partial charge in [0.25, 0.3) is 0 Å². The third-order valence-electron chi connectivity index (χ3n) is 4.43. The predicted molar refractivity (Wildman–Crippen MR) is 79.1 cm³/mol. The third-order valence-corrected chi connectivity index (χ3v) is 4.43. The lowest BCUT2D eigenvalue weighted by Crippen LogP contribution is -2.34. The Morgan fingerprint density at radius 1 is 1.35 bits per heavy atom. The van der Waals surface area contributed by atoms with Gasteiger partial charge >= 0.3 is 0 Å². The highest BCUT2D eigenvalue weighted by atomic mass is 16.5. The third kappa shape index (κ3) is 1.75. The van der Waals surface area contributed by atoms with Crippen LogP contribution in [0.5, 0.6) is 0 Å². The summed E-state index contributed by atoms with van der Waals surface area (Å²) in [5.74, 6) is 1.12. The van der Waals surface area contributed by atoms with Gasteiger partial charge in [0.15, 0.2) is 5.78 Å². The minimum absolute atomic E-state index is 0.184. The number of Topliss-reactive ketones (excluding diaryl/α,β-unsaturated/α-hetero) is 1. The number of benzene rings is 1. The van der Waals surface area contributed by atoms with E-state index >= 15 is 0 Å². The van der Waals surface area contributed by atoms with Crippen LogP contribution >= 0.6 is 0 Å². The summed E-state index contributed by atoms with van der Waals surface area (Å²) in [5, 5.41) is 0. The largest absolute Gasteiger partial charge is 0.485 e. The molecule has 1 heterocycles. The molecule has 1 aromatic carbocycles. The lowest BCUT2D eigenvalue weighted by molar-refractivity contribution is -0.126. The monoisotopic (exact) mass is 268 g/mol. The number of hydrogen-bond donors (Lipinski definition) is 0. The number of rotatable bonds is 3. The van der Waals surface area contributed by atoms with E-state index in [9.17, 15) is 4.79 Å². The van der Waals surface area contributed by atoms with Crippen LogP contribution < -0.4 is 0 Å². The van der Waals surface area contributed by atoms with Crippen LogP contribution in [0.2, 0.25) is 0 Å². The van der Waals surface area contributed by atoms with Crippen molar-refractivity contribution in [3.8, 4) is 0 Å². The molecule has 0 radical (unpaired) electrons. The molecule has 1 aliphatic carbocycles. The molecular weight excluding hydrogens is 248 g/mol. The number of fused-ring (bicyclic) bond motifs is 1. The molecule has 20 heavy (non-hydrogen) atoms. The average molecular weight is 268 g/mol. The standard InChI is InChI=1S/C18H20O2/c1-3-12-18-13(2)17(14-8-5-4-6-9-14)20-16(18)11-7-10-15(18)19/h4-6,8-9,11,17H,2-3,7,10,12H2,1H3/t17-,18+/m0/s1. The molecule has 2 heteroatoms. The molecule has 0 saturated carbocycles. The topological polar surface area (TPSA) is 26.3 Å². The number of allylic oxidation sites excluding steroid dienone is 2. The van der Waals surface area contributed by atoms with Gasteiger partial charge in [-0.25, -0.2) is 0 Å². The van der Waals surface area contributed by atoms with Crippen molar-refractivity contribution in [1.82, 2.24) is 0 Å². The van der Waals surface area contributed by atoms with Crippen LogP contribution in [-0.2, 0) is 9.53 Å². The van der Waals surface area contributed by atoms with E-state index in [0.717, 1.165) is 36.2 Å². The van der Waals surface area contributed by atoms with Gasteiger partial charge in [0.05, 0.1) is 0 Å². The number of ether oxygens (including phenoxy) is 1. The first-order valence-corrected chi connectivity index (χ1v) is 7.35. The van der Waals surface area contributed by atoms with Crippen molar-refractivity contribution in [2.24, 2.45) is 5.41 Å². The van der Waals surface area contributed by atoms with E-state index in [0.29, 0.717) is 6.42 Å². The summed E-state index contributed by atoms with van der Waals surface area (Å²) in [4.78, 5) is 12.6. The van der Waals surface area contributed by atoms with Gasteiger partial charge in [-0.2, -0.15) is 0 Å². The van der Waals surface area contributed by atoms with Crippen LogP contribution in [0.4, 0.5) is 0 Å². The Morgan fingerprint density at radius 2 is 2.10 bits per heavy atom. The molecule has 1 aliphatic heterocycles. The van der Waals surface area contributed by atoms with Crippen molar-refractivity contribution < 1.29 is 9.53 Å². The van der Waals surface area contributed by atoms with Crippen LogP contribution in [0.1, 0.15) is 44.3 Å². The first-order valence-electron chi connectivity index (χ1n) is 7.35. The Morgan fingerprint density at radius 3 is 2.80 bits per heavy atom. The van der Waals surface area contributed by atoms with Gasteiger partial charge in [0.2, 0.25) is 0 Å². The lowest BCUT2D eigenvalue weighted by Gasteiger charge is -2.30. The maximum Gasteiger partial charge on any atom is 0.151 e.